The number of aliphatic carboxylic acids is 2. The molecule has 18 N–H and O–H groups in total. The Morgan fingerprint density at radius 2 is 1.26 bits per heavy atom. The summed E-state index contributed by atoms with van der Waals surface area (Å²) in [6, 6.07) is -8.08. The van der Waals surface area contributed by atoms with Crippen LogP contribution in [0, 0.1) is 11.8 Å². The molecule has 0 saturated carbocycles. The lowest BCUT2D eigenvalue weighted by Gasteiger charge is -2.31. The Morgan fingerprint density at radius 3 is 1.82 bits per heavy atom. The number of aliphatic hydroxyl groups excluding tert-OH is 1. The van der Waals surface area contributed by atoms with Crippen LogP contribution in [0.15, 0.2) is 36.8 Å². The fourth-order valence-electron chi connectivity index (χ4n) is 7.95. The van der Waals surface area contributed by atoms with Crippen molar-refractivity contribution in [1.29, 1.82) is 0 Å². The first-order chi connectivity index (χ1) is 35.7. The van der Waals surface area contributed by atoms with Crippen molar-refractivity contribution in [2.45, 2.75) is 140 Å². The van der Waals surface area contributed by atoms with Gasteiger partial charge >= 0.3 is 11.9 Å². The SMILES string of the molecule is CC(C)C[C@H](NC(=O)[C@H](Cc1cnc[nH]1)NC(=O)[C@@H](NC(=O)[C@@H]1CCCN1C(=O)[C@H](CO)NC(=O)[C@H](CC(N)=O)NC(=O)[C@@H](N)CC(=O)O)C(C)C)C(=O)N[C@@H](CCC(N)=O)C(=O)N[C@@H](Cc1ccc(O)cc1)C(=O)O. The minimum atomic E-state index is -1.75. The van der Waals surface area contributed by atoms with Gasteiger partial charge in [-0.3, -0.25) is 52.7 Å². The van der Waals surface area contributed by atoms with Crippen LogP contribution in [0.5, 0.6) is 5.75 Å². The number of amides is 10. The fraction of sp³-hybridized carbons (Fsp3) is 0.553. The molecule has 1 aromatic heterocycles. The van der Waals surface area contributed by atoms with Gasteiger partial charge in [0, 0.05) is 37.7 Å². The van der Waals surface area contributed by atoms with Crippen LogP contribution < -0.4 is 54.4 Å². The third-order valence-corrected chi connectivity index (χ3v) is 11.9. The number of hydrogen-bond donors (Lipinski definition) is 15. The molecule has 29 nitrogen and oxygen atoms in total. The van der Waals surface area contributed by atoms with Crippen LogP contribution >= 0.6 is 0 Å². The lowest BCUT2D eigenvalue weighted by Crippen LogP contribution is -2.61. The van der Waals surface area contributed by atoms with Crippen molar-refractivity contribution in [2.24, 2.45) is 29.0 Å². The Morgan fingerprint density at radius 1 is 0.697 bits per heavy atom. The maximum absolute atomic E-state index is 14.3. The normalized spacial score (nSPS) is 16.3. The van der Waals surface area contributed by atoms with E-state index in [4.69, 9.17) is 22.3 Å². The molecule has 0 aliphatic carbocycles. The van der Waals surface area contributed by atoms with Crippen molar-refractivity contribution in [1.82, 2.24) is 52.1 Å². The van der Waals surface area contributed by atoms with Crippen LogP contribution in [0.3, 0.4) is 0 Å². The summed E-state index contributed by atoms with van der Waals surface area (Å²) in [6.07, 6.45) is 0.134. The number of phenolic OH excluding ortho intramolecular Hbond substituents is 1. The monoisotopic (exact) mass is 1070 g/mol. The first kappa shape index (κ1) is 62.1. The van der Waals surface area contributed by atoms with Crippen molar-refractivity contribution in [3.8, 4) is 5.75 Å². The van der Waals surface area contributed by atoms with Gasteiger partial charge in [0.05, 0.1) is 31.8 Å². The van der Waals surface area contributed by atoms with Gasteiger partial charge in [-0.25, -0.2) is 9.78 Å². The van der Waals surface area contributed by atoms with E-state index < -0.39 is 157 Å². The minimum absolute atomic E-state index is 0.0268. The van der Waals surface area contributed by atoms with Crippen molar-refractivity contribution >= 4 is 71.0 Å². The second-order valence-electron chi connectivity index (χ2n) is 19.0. The lowest BCUT2D eigenvalue weighted by atomic mass is 9.99. The topological polar surface area (TPSA) is 480 Å². The first-order valence-electron chi connectivity index (χ1n) is 24.3. The summed E-state index contributed by atoms with van der Waals surface area (Å²) in [6.45, 7) is 5.56. The molecule has 0 unspecified atom stereocenters. The predicted molar refractivity (Wildman–Crippen MR) is 264 cm³/mol. The van der Waals surface area contributed by atoms with Gasteiger partial charge in [-0.2, -0.15) is 0 Å². The van der Waals surface area contributed by atoms with Gasteiger partial charge in [0.25, 0.3) is 0 Å². The number of rotatable bonds is 31. The highest BCUT2D eigenvalue weighted by molar-refractivity contribution is 5.99. The summed E-state index contributed by atoms with van der Waals surface area (Å²) in [5.74, 6) is -13.5. The van der Waals surface area contributed by atoms with Crippen LogP contribution in [0.4, 0.5) is 0 Å². The Bertz CT molecular complexity index is 2400. The van der Waals surface area contributed by atoms with Gasteiger partial charge < -0.3 is 84.7 Å². The van der Waals surface area contributed by atoms with Gasteiger partial charge in [-0.05, 0) is 55.2 Å². The second-order valence-corrected chi connectivity index (χ2v) is 19.0. The number of nitrogens with zero attached hydrogens (tertiary/aromatic N) is 2. The number of benzene rings is 1. The molecule has 10 amide bonds. The average Bonchev–Trinajstić information content (AvgIpc) is 4.05. The number of likely N-dealkylation sites (tertiary alicyclic amines) is 1. The van der Waals surface area contributed by atoms with Gasteiger partial charge in [-0.15, -0.1) is 0 Å². The number of nitrogens with one attached hydrogen (secondary N) is 8. The first-order valence-corrected chi connectivity index (χ1v) is 24.3. The van der Waals surface area contributed by atoms with Crippen molar-refractivity contribution in [2.75, 3.05) is 13.2 Å². The average molecular weight is 1070 g/mol. The zero-order chi connectivity index (χ0) is 57.0. The van der Waals surface area contributed by atoms with E-state index in [0.717, 1.165) is 4.90 Å². The van der Waals surface area contributed by atoms with Crippen LogP contribution in [0.25, 0.3) is 0 Å². The number of aromatic hydroxyl groups is 1. The smallest absolute Gasteiger partial charge is 0.326 e. The van der Waals surface area contributed by atoms with Gasteiger partial charge in [0.2, 0.25) is 59.1 Å². The number of phenols is 1. The summed E-state index contributed by atoms with van der Waals surface area (Å²) in [5, 5.41) is 55.8. The molecular formula is C47H69N13O16. The molecular weight excluding hydrogens is 1000 g/mol. The third-order valence-electron chi connectivity index (χ3n) is 11.9. The van der Waals surface area contributed by atoms with E-state index in [1.807, 2.05) is 0 Å². The lowest BCUT2D eigenvalue weighted by molar-refractivity contribution is -0.144. The number of aromatic nitrogens is 2. The predicted octanol–water partition coefficient (Wildman–Crippen LogP) is -4.99. The summed E-state index contributed by atoms with van der Waals surface area (Å²) in [5.41, 5.74) is 17.0. The van der Waals surface area contributed by atoms with Crippen molar-refractivity contribution in [3.63, 3.8) is 0 Å². The highest BCUT2D eigenvalue weighted by atomic mass is 16.4. The van der Waals surface area contributed by atoms with E-state index >= 15 is 0 Å². The minimum Gasteiger partial charge on any atom is -0.508 e. The number of nitrogens with two attached hydrogens (primary N) is 3. The Labute approximate surface area is 436 Å². The number of primary amides is 2. The molecule has 418 valence electrons. The second kappa shape index (κ2) is 29.6. The third kappa shape index (κ3) is 19.9. The van der Waals surface area contributed by atoms with Crippen molar-refractivity contribution < 1.29 is 78.0 Å². The number of carboxylic acid groups (broad SMARTS) is 2. The van der Waals surface area contributed by atoms with Gasteiger partial charge in [0.15, 0.2) is 0 Å². The molecule has 1 saturated heterocycles. The van der Waals surface area contributed by atoms with Gasteiger partial charge in [0.1, 0.15) is 54.1 Å². The summed E-state index contributed by atoms with van der Waals surface area (Å²) in [4.78, 5) is 164. The number of carbonyl (C=O) groups excluding carboxylic acids is 10. The molecule has 1 aliphatic rings. The molecule has 3 rings (SSSR count). The number of carbonyl (C=O) groups is 12. The number of H-pyrrole nitrogens is 1. The maximum atomic E-state index is 14.3. The summed E-state index contributed by atoms with van der Waals surface area (Å²) in [7, 11) is 0. The number of aromatic amines is 1. The standard InChI is InChI=1S/C47H69N13O16/c1-22(2)14-29(41(69)53-28(11-12-35(49)63)40(68)57-32(47(75)76)15-24-7-9-26(62)10-8-24)55-42(70)30(16-25-19-51-21-52-25)56-45(73)38(23(3)4)59-44(72)34-6-5-13-60(34)46(74)33(20-61)58-43(71)31(18-36(50)64)54-39(67)27(48)17-37(65)66/h7-10,19,21-23,27-34,38,61-62H,5-6,11-18,20,48H2,1-4H3,(H2,49,63)(H2,50,64)(H,51,52)(H,53,69)(H,54,67)(H,55,70)(H,56,73)(H,57,68)(H,58,71)(H,59,72)(H,65,66)(H,75,76)/t27-,28-,29-,30-,31-,32-,33-,34-,38-/m0/s1. The van der Waals surface area contributed by atoms with Crippen LogP contribution in [-0.4, -0.2) is 174 Å². The zero-order valence-corrected chi connectivity index (χ0v) is 42.4. The molecule has 1 fully saturated rings. The summed E-state index contributed by atoms with van der Waals surface area (Å²) < 4.78 is 0. The Hall–Kier alpha value is -8.21. The fourth-order valence-corrected chi connectivity index (χ4v) is 7.95. The van der Waals surface area contributed by atoms with E-state index in [2.05, 4.69) is 47.2 Å². The van der Waals surface area contributed by atoms with E-state index in [-0.39, 0.29) is 56.7 Å². The van der Waals surface area contributed by atoms with Crippen LogP contribution in [0.1, 0.15) is 83.9 Å². The van der Waals surface area contributed by atoms with Crippen LogP contribution in [0.2, 0.25) is 0 Å². The van der Waals surface area contributed by atoms with Crippen molar-refractivity contribution in [3.05, 3.63) is 48.0 Å². The van der Waals surface area contributed by atoms with E-state index in [1.54, 1.807) is 27.7 Å². The molecule has 9 atom stereocenters. The van der Waals surface area contributed by atoms with E-state index in [1.165, 1.54) is 36.8 Å². The largest absolute Gasteiger partial charge is 0.508 e. The zero-order valence-electron chi connectivity index (χ0n) is 42.4. The molecule has 2 aromatic rings. The maximum Gasteiger partial charge on any atom is 0.326 e. The Kier molecular flexibility index (Phi) is 24.2. The summed E-state index contributed by atoms with van der Waals surface area (Å²) >= 11 is 0. The molecule has 29 heteroatoms. The molecule has 76 heavy (non-hydrogen) atoms. The number of imidazole rings is 1. The van der Waals surface area contributed by atoms with E-state index in [0.29, 0.717) is 11.3 Å². The highest BCUT2D eigenvalue weighted by Crippen LogP contribution is 2.20. The number of aliphatic hydroxyl groups is 1. The molecule has 2 heterocycles. The quantitative estimate of drug-likeness (QED) is 0.0336. The highest BCUT2D eigenvalue weighted by Gasteiger charge is 2.41. The molecule has 0 spiro atoms. The molecule has 0 bridgehead atoms. The molecule has 1 aliphatic heterocycles. The number of carboxylic acids is 2. The molecule has 1 aromatic carbocycles. The van der Waals surface area contributed by atoms with Gasteiger partial charge in [-0.1, -0.05) is 39.8 Å². The Balaban J connectivity index is 1.82. The number of hydrogen-bond acceptors (Lipinski definition) is 16. The van der Waals surface area contributed by atoms with Crippen LogP contribution in [-0.2, 0) is 70.4 Å². The molecule has 0 radical (unpaired) electrons. The van der Waals surface area contributed by atoms with E-state index in [9.17, 15) is 72.9 Å².